The maximum atomic E-state index is 13.5. The van der Waals surface area contributed by atoms with Crippen LogP contribution in [-0.4, -0.2) is 16.1 Å². The Morgan fingerprint density at radius 1 is 1.28 bits per heavy atom. The van der Waals surface area contributed by atoms with Crippen LogP contribution in [0.15, 0.2) is 22.8 Å². The van der Waals surface area contributed by atoms with Gasteiger partial charge in [-0.1, -0.05) is 0 Å². The average molecular weight is 320 g/mol. The molecule has 0 saturated carbocycles. The standard InChI is InChI=1S/C10H5BrF3N3O/c11-4-1-2-5(12)8(7(4)14)16-10(18)9-6(13)3-15-17-9/h1-3H,(H,15,17)(H,16,18). The molecule has 1 aromatic heterocycles. The molecule has 1 aromatic carbocycles. The molecule has 0 aliphatic rings. The van der Waals surface area contributed by atoms with Crippen molar-refractivity contribution < 1.29 is 18.0 Å². The highest BCUT2D eigenvalue weighted by Gasteiger charge is 2.19. The van der Waals surface area contributed by atoms with Gasteiger partial charge in [0, 0.05) is 0 Å². The van der Waals surface area contributed by atoms with Crippen molar-refractivity contribution in [3.05, 3.63) is 45.9 Å². The third-order valence-electron chi connectivity index (χ3n) is 2.09. The van der Waals surface area contributed by atoms with E-state index in [1.807, 2.05) is 5.32 Å². The molecule has 0 unspecified atom stereocenters. The lowest BCUT2D eigenvalue weighted by molar-refractivity contribution is 0.101. The fourth-order valence-corrected chi connectivity index (χ4v) is 1.58. The minimum Gasteiger partial charge on any atom is -0.316 e. The van der Waals surface area contributed by atoms with Gasteiger partial charge in [0.2, 0.25) is 0 Å². The Labute approximate surface area is 107 Å². The molecule has 0 spiro atoms. The zero-order valence-electron chi connectivity index (χ0n) is 8.60. The first-order valence-electron chi connectivity index (χ1n) is 4.65. The van der Waals surface area contributed by atoms with Gasteiger partial charge < -0.3 is 5.32 Å². The second-order valence-corrected chi connectivity index (χ2v) is 4.11. The molecule has 4 nitrogen and oxygen atoms in total. The number of carbonyl (C=O) groups excluding carboxylic acids is 1. The predicted molar refractivity (Wildman–Crippen MR) is 60.6 cm³/mol. The molecule has 2 aromatic rings. The van der Waals surface area contributed by atoms with Crippen LogP contribution in [-0.2, 0) is 0 Å². The van der Waals surface area contributed by atoms with E-state index in [4.69, 9.17) is 0 Å². The van der Waals surface area contributed by atoms with Crippen LogP contribution in [0, 0.1) is 17.5 Å². The fourth-order valence-electron chi connectivity index (χ4n) is 1.25. The molecule has 2 N–H and O–H groups in total. The Hall–Kier alpha value is -1.83. The van der Waals surface area contributed by atoms with Crippen LogP contribution in [0.4, 0.5) is 18.9 Å². The second kappa shape index (κ2) is 4.81. The quantitative estimate of drug-likeness (QED) is 0.836. The highest BCUT2D eigenvalue weighted by atomic mass is 79.9. The number of aromatic amines is 1. The monoisotopic (exact) mass is 319 g/mol. The zero-order valence-corrected chi connectivity index (χ0v) is 10.2. The molecule has 94 valence electrons. The van der Waals surface area contributed by atoms with Crippen molar-refractivity contribution in [1.82, 2.24) is 10.2 Å². The largest absolute Gasteiger partial charge is 0.316 e. The van der Waals surface area contributed by atoms with Crippen molar-refractivity contribution in [3.8, 4) is 0 Å². The van der Waals surface area contributed by atoms with Gasteiger partial charge >= 0.3 is 0 Å². The first kappa shape index (κ1) is 12.6. The van der Waals surface area contributed by atoms with Crippen molar-refractivity contribution >= 4 is 27.5 Å². The van der Waals surface area contributed by atoms with Crippen LogP contribution >= 0.6 is 15.9 Å². The molecule has 0 fully saturated rings. The third kappa shape index (κ3) is 2.23. The van der Waals surface area contributed by atoms with Crippen LogP contribution in [0.3, 0.4) is 0 Å². The zero-order chi connectivity index (χ0) is 13.3. The summed E-state index contributed by atoms with van der Waals surface area (Å²) in [5.74, 6) is -3.92. The van der Waals surface area contributed by atoms with Crippen molar-refractivity contribution in [3.63, 3.8) is 0 Å². The molecular weight excluding hydrogens is 315 g/mol. The number of amides is 1. The summed E-state index contributed by atoms with van der Waals surface area (Å²) in [6, 6.07) is 2.11. The topological polar surface area (TPSA) is 57.8 Å². The lowest BCUT2D eigenvalue weighted by Gasteiger charge is -2.07. The number of benzene rings is 1. The highest BCUT2D eigenvalue weighted by molar-refractivity contribution is 9.10. The minimum atomic E-state index is -1.05. The van der Waals surface area contributed by atoms with Gasteiger partial charge in [0.1, 0.15) is 11.5 Å². The number of H-pyrrole nitrogens is 1. The first-order valence-corrected chi connectivity index (χ1v) is 5.44. The van der Waals surface area contributed by atoms with E-state index in [2.05, 4.69) is 26.1 Å². The number of rotatable bonds is 2. The summed E-state index contributed by atoms with van der Waals surface area (Å²) in [6.07, 6.45) is 0.850. The summed E-state index contributed by atoms with van der Waals surface area (Å²) in [4.78, 5) is 11.5. The van der Waals surface area contributed by atoms with Gasteiger partial charge in [-0.25, -0.2) is 13.2 Å². The Kier molecular flexibility index (Phi) is 3.37. The van der Waals surface area contributed by atoms with Crippen LogP contribution < -0.4 is 5.32 Å². The second-order valence-electron chi connectivity index (χ2n) is 3.25. The molecule has 0 atom stereocenters. The van der Waals surface area contributed by atoms with Crippen LogP contribution in [0.1, 0.15) is 10.5 Å². The molecule has 0 aliphatic heterocycles. The summed E-state index contributed by atoms with van der Waals surface area (Å²) in [7, 11) is 0. The fraction of sp³-hybridized carbons (Fsp3) is 0. The van der Waals surface area contributed by atoms with Gasteiger partial charge in [-0.15, -0.1) is 0 Å². The summed E-state index contributed by atoms with van der Waals surface area (Å²) in [5, 5.41) is 7.37. The average Bonchev–Trinajstić information content (AvgIpc) is 2.76. The Balaban J connectivity index is 2.33. The summed E-state index contributed by atoms with van der Waals surface area (Å²) >= 11 is 2.84. The van der Waals surface area contributed by atoms with E-state index in [1.54, 1.807) is 0 Å². The number of hydrogen-bond donors (Lipinski definition) is 2. The third-order valence-corrected chi connectivity index (χ3v) is 2.70. The van der Waals surface area contributed by atoms with Gasteiger partial charge in [-0.05, 0) is 28.1 Å². The lowest BCUT2D eigenvalue weighted by Crippen LogP contribution is -2.16. The molecular formula is C10H5BrF3N3O. The van der Waals surface area contributed by atoms with Crippen LogP contribution in [0.5, 0.6) is 0 Å². The van der Waals surface area contributed by atoms with E-state index in [0.29, 0.717) is 0 Å². The van der Waals surface area contributed by atoms with Crippen molar-refractivity contribution in [1.29, 1.82) is 0 Å². The van der Waals surface area contributed by atoms with Crippen molar-refractivity contribution in [2.75, 3.05) is 5.32 Å². The van der Waals surface area contributed by atoms with E-state index in [9.17, 15) is 18.0 Å². The molecule has 8 heteroatoms. The van der Waals surface area contributed by atoms with Crippen molar-refractivity contribution in [2.24, 2.45) is 0 Å². The molecule has 0 bridgehead atoms. The summed E-state index contributed by atoms with van der Waals surface area (Å²) in [6.45, 7) is 0. The Bertz CT molecular complexity index is 614. The molecule has 1 amide bonds. The molecule has 0 radical (unpaired) electrons. The van der Waals surface area contributed by atoms with Crippen molar-refractivity contribution in [2.45, 2.75) is 0 Å². The number of aromatic nitrogens is 2. The van der Waals surface area contributed by atoms with Crippen LogP contribution in [0.2, 0.25) is 0 Å². The SMILES string of the molecule is O=C(Nc1c(F)ccc(Br)c1F)c1n[nH]cc1F. The van der Waals surface area contributed by atoms with Crippen LogP contribution in [0.25, 0.3) is 0 Å². The molecule has 18 heavy (non-hydrogen) atoms. The van der Waals surface area contributed by atoms with E-state index in [-0.39, 0.29) is 4.47 Å². The van der Waals surface area contributed by atoms with Gasteiger partial charge in [0.05, 0.1) is 10.7 Å². The number of carbonyl (C=O) groups is 1. The number of nitrogens with one attached hydrogen (secondary N) is 2. The predicted octanol–water partition coefficient (Wildman–Crippen LogP) is 2.84. The summed E-state index contributed by atoms with van der Waals surface area (Å²) < 4.78 is 39.9. The summed E-state index contributed by atoms with van der Waals surface area (Å²) in [5.41, 5.74) is -1.24. The minimum absolute atomic E-state index is 0.0262. The number of halogens is 4. The molecule has 0 saturated heterocycles. The van der Waals surface area contributed by atoms with Gasteiger partial charge in [-0.3, -0.25) is 9.89 Å². The van der Waals surface area contributed by atoms with Gasteiger partial charge in [0.25, 0.3) is 5.91 Å². The maximum Gasteiger partial charge on any atom is 0.279 e. The van der Waals surface area contributed by atoms with Gasteiger partial charge in [0.15, 0.2) is 17.3 Å². The molecule has 0 aliphatic carbocycles. The van der Waals surface area contributed by atoms with E-state index in [0.717, 1.165) is 18.3 Å². The Morgan fingerprint density at radius 3 is 2.61 bits per heavy atom. The molecule has 2 rings (SSSR count). The first-order chi connectivity index (χ1) is 8.50. The number of nitrogens with zero attached hydrogens (tertiary/aromatic N) is 1. The van der Waals surface area contributed by atoms with Gasteiger partial charge in [-0.2, -0.15) is 5.10 Å². The molecule has 1 heterocycles. The van der Waals surface area contributed by atoms with E-state index < -0.39 is 34.7 Å². The highest BCUT2D eigenvalue weighted by Crippen LogP contribution is 2.26. The Morgan fingerprint density at radius 2 is 2.00 bits per heavy atom. The number of hydrogen-bond acceptors (Lipinski definition) is 2. The number of anilines is 1. The normalized spacial score (nSPS) is 10.4. The smallest absolute Gasteiger partial charge is 0.279 e. The van der Waals surface area contributed by atoms with E-state index >= 15 is 0 Å². The maximum absolute atomic E-state index is 13.5. The lowest BCUT2D eigenvalue weighted by atomic mass is 10.2. The van der Waals surface area contributed by atoms with E-state index in [1.165, 1.54) is 0 Å².